The van der Waals surface area contributed by atoms with E-state index in [2.05, 4.69) is 0 Å². The summed E-state index contributed by atoms with van der Waals surface area (Å²) in [6.07, 6.45) is -0.585. The highest BCUT2D eigenvalue weighted by molar-refractivity contribution is 5.34. The lowest BCUT2D eigenvalue weighted by Crippen LogP contribution is -2.18. The maximum atomic E-state index is 12.9. The van der Waals surface area contributed by atoms with Gasteiger partial charge in [-0.25, -0.2) is 0 Å². The van der Waals surface area contributed by atoms with E-state index in [-0.39, 0.29) is 11.0 Å². The molecule has 0 bridgehead atoms. The molecule has 4 heteroatoms. The maximum absolute atomic E-state index is 12.9. The van der Waals surface area contributed by atoms with Gasteiger partial charge in [0.2, 0.25) is 0 Å². The molecule has 17 heavy (non-hydrogen) atoms. The fourth-order valence-corrected chi connectivity index (χ4v) is 1.53. The summed E-state index contributed by atoms with van der Waals surface area (Å²) in [5, 5.41) is 0. The Hall–Kier alpha value is -0.930. The van der Waals surface area contributed by atoms with Crippen molar-refractivity contribution < 1.29 is 13.2 Å². The van der Waals surface area contributed by atoms with Crippen molar-refractivity contribution in [3.05, 3.63) is 23.4 Å². The molecule has 0 unspecified atom stereocenters. The van der Waals surface area contributed by atoms with Crippen LogP contribution in [0.1, 0.15) is 47.0 Å². The van der Waals surface area contributed by atoms with Gasteiger partial charge in [0.05, 0.1) is 5.57 Å². The summed E-state index contributed by atoms with van der Waals surface area (Å²) < 4.78 is 38.7. The lowest BCUT2D eigenvalue weighted by Gasteiger charge is -2.23. The quantitative estimate of drug-likeness (QED) is 0.726. The minimum atomic E-state index is -4.33. The molecule has 100 valence electrons. The van der Waals surface area contributed by atoms with Gasteiger partial charge in [-0.1, -0.05) is 40.2 Å². The predicted molar refractivity (Wildman–Crippen MR) is 65.4 cm³/mol. The topological polar surface area (TPSA) is 26.0 Å². The first kappa shape index (κ1) is 16.1. The second kappa shape index (κ2) is 6.12. The average molecular weight is 249 g/mol. The molecule has 0 saturated heterocycles. The molecular weight excluding hydrogens is 227 g/mol. The molecule has 0 aromatic rings. The molecule has 0 aromatic heterocycles. The number of hydrogen-bond donors (Lipinski definition) is 1. The van der Waals surface area contributed by atoms with Crippen LogP contribution in [0.15, 0.2) is 23.4 Å². The first-order valence-electron chi connectivity index (χ1n) is 5.80. The van der Waals surface area contributed by atoms with E-state index in [1.165, 1.54) is 6.08 Å². The lowest BCUT2D eigenvalue weighted by atomic mass is 9.85. The SMILES string of the molecule is CCC/C=C(\C(=C/N)CC(C)(C)C)C(F)(F)F. The van der Waals surface area contributed by atoms with Gasteiger partial charge in [0.15, 0.2) is 0 Å². The Morgan fingerprint density at radius 3 is 2.00 bits per heavy atom. The van der Waals surface area contributed by atoms with E-state index in [9.17, 15) is 13.2 Å². The van der Waals surface area contributed by atoms with Crippen molar-refractivity contribution in [2.45, 2.75) is 53.1 Å². The average Bonchev–Trinajstić information content (AvgIpc) is 2.12. The Bertz CT molecular complexity index is 293. The van der Waals surface area contributed by atoms with Crippen molar-refractivity contribution in [2.24, 2.45) is 11.1 Å². The third-order valence-electron chi connectivity index (χ3n) is 2.21. The van der Waals surface area contributed by atoms with Crippen LogP contribution < -0.4 is 5.73 Å². The minimum Gasteiger partial charge on any atom is -0.404 e. The number of allylic oxidation sites excluding steroid dienone is 3. The summed E-state index contributed by atoms with van der Waals surface area (Å²) >= 11 is 0. The van der Waals surface area contributed by atoms with Gasteiger partial charge < -0.3 is 5.73 Å². The Morgan fingerprint density at radius 2 is 1.71 bits per heavy atom. The largest absolute Gasteiger partial charge is 0.416 e. The van der Waals surface area contributed by atoms with Crippen LogP contribution in [0.5, 0.6) is 0 Å². The number of alkyl halides is 3. The van der Waals surface area contributed by atoms with E-state index in [0.717, 1.165) is 6.20 Å². The highest BCUT2D eigenvalue weighted by atomic mass is 19.4. The van der Waals surface area contributed by atoms with Crippen LogP contribution in [0, 0.1) is 5.41 Å². The molecule has 0 spiro atoms. The zero-order chi connectivity index (χ0) is 13.7. The fraction of sp³-hybridized carbons (Fsp3) is 0.692. The second-order valence-electron chi connectivity index (χ2n) is 5.33. The van der Waals surface area contributed by atoms with E-state index >= 15 is 0 Å². The van der Waals surface area contributed by atoms with E-state index in [0.29, 0.717) is 19.3 Å². The molecule has 0 heterocycles. The highest BCUT2D eigenvalue weighted by Gasteiger charge is 2.36. The number of unbranched alkanes of at least 4 members (excludes halogenated alkanes) is 1. The van der Waals surface area contributed by atoms with E-state index in [1.54, 1.807) is 0 Å². The molecule has 0 radical (unpaired) electrons. The molecule has 0 saturated carbocycles. The molecule has 0 fully saturated rings. The normalized spacial score (nSPS) is 15.2. The lowest BCUT2D eigenvalue weighted by molar-refractivity contribution is -0.0901. The molecule has 1 nitrogen and oxygen atoms in total. The predicted octanol–water partition coefficient (Wildman–Crippen LogP) is 4.55. The van der Waals surface area contributed by atoms with Crippen molar-refractivity contribution >= 4 is 0 Å². The monoisotopic (exact) mass is 249 g/mol. The van der Waals surface area contributed by atoms with Gasteiger partial charge in [-0.05, 0) is 30.0 Å². The Kier molecular flexibility index (Phi) is 5.79. The summed E-state index contributed by atoms with van der Waals surface area (Å²) in [5.41, 5.74) is 4.72. The summed E-state index contributed by atoms with van der Waals surface area (Å²) in [4.78, 5) is 0. The van der Waals surface area contributed by atoms with Crippen molar-refractivity contribution in [1.82, 2.24) is 0 Å². The number of nitrogens with two attached hydrogens (primary N) is 1. The Morgan fingerprint density at radius 1 is 1.18 bits per heavy atom. The van der Waals surface area contributed by atoms with Gasteiger partial charge in [0.1, 0.15) is 0 Å². The van der Waals surface area contributed by atoms with E-state index < -0.39 is 11.7 Å². The van der Waals surface area contributed by atoms with Crippen LogP contribution in [0.3, 0.4) is 0 Å². The highest BCUT2D eigenvalue weighted by Crippen LogP contribution is 2.37. The first-order chi connectivity index (χ1) is 7.61. The van der Waals surface area contributed by atoms with Crippen molar-refractivity contribution in [3.63, 3.8) is 0 Å². The van der Waals surface area contributed by atoms with Crippen molar-refractivity contribution in [1.29, 1.82) is 0 Å². The van der Waals surface area contributed by atoms with Crippen LogP contribution in [0.4, 0.5) is 13.2 Å². The molecule has 0 atom stereocenters. The zero-order valence-corrected chi connectivity index (χ0v) is 11.0. The second-order valence-corrected chi connectivity index (χ2v) is 5.33. The van der Waals surface area contributed by atoms with Crippen LogP contribution in [0.25, 0.3) is 0 Å². The molecule has 0 aliphatic heterocycles. The number of hydrogen-bond acceptors (Lipinski definition) is 1. The van der Waals surface area contributed by atoms with Gasteiger partial charge in [0, 0.05) is 0 Å². The Labute approximate surface area is 102 Å². The van der Waals surface area contributed by atoms with Gasteiger partial charge in [-0.15, -0.1) is 0 Å². The smallest absolute Gasteiger partial charge is 0.404 e. The maximum Gasteiger partial charge on any atom is 0.416 e. The van der Waals surface area contributed by atoms with Crippen LogP contribution in [-0.4, -0.2) is 6.18 Å². The van der Waals surface area contributed by atoms with Crippen LogP contribution in [-0.2, 0) is 0 Å². The molecule has 0 amide bonds. The van der Waals surface area contributed by atoms with Crippen molar-refractivity contribution in [2.75, 3.05) is 0 Å². The van der Waals surface area contributed by atoms with E-state index in [1.807, 2.05) is 27.7 Å². The fourth-order valence-electron chi connectivity index (χ4n) is 1.53. The molecule has 0 aromatic carbocycles. The third kappa shape index (κ3) is 6.39. The summed E-state index contributed by atoms with van der Waals surface area (Å²) in [6, 6.07) is 0. The van der Waals surface area contributed by atoms with Crippen LogP contribution >= 0.6 is 0 Å². The minimum absolute atomic E-state index is 0.179. The summed E-state index contributed by atoms with van der Waals surface area (Å²) in [7, 11) is 0. The molecule has 0 aliphatic carbocycles. The van der Waals surface area contributed by atoms with Crippen molar-refractivity contribution in [3.8, 4) is 0 Å². The summed E-state index contributed by atoms with van der Waals surface area (Å²) in [5.74, 6) is 0. The summed E-state index contributed by atoms with van der Waals surface area (Å²) in [6.45, 7) is 7.53. The van der Waals surface area contributed by atoms with Gasteiger partial charge in [0.25, 0.3) is 0 Å². The Balaban J connectivity index is 5.16. The third-order valence-corrected chi connectivity index (χ3v) is 2.21. The van der Waals surface area contributed by atoms with Gasteiger partial charge in [-0.2, -0.15) is 13.2 Å². The number of halogens is 3. The van der Waals surface area contributed by atoms with Gasteiger partial charge in [-0.3, -0.25) is 0 Å². The standard InChI is InChI=1S/C13H22F3N/c1-5-6-7-11(13(14,15)16)10(9-17)8-12(2,3)4/h7,9H,5-6,8,17H2,1-4H3/b10-9-,11-7+. The molecule has 0 aliphatic rings. The van der Waals surface area contributed by atoms with Gasteiger partial charge >= 0.3 is 6.18 Å². The van der Waals surface area contributed by atoms with Crippen LogP contribution in [0.2, 0.25) is 0 Å². The number of rotatable bonds is 4. The zero-order valence-electron chi connectivity index (χ0n) is 11.0. The van der Waals surface area contributed by atoms with E-state index in [4.69, 9.17) is 5.73 Å². The molecule has 2 N–H and O–H groups in total. The first-order valence-corrected chi connectivity index (χ1v) is 5.80. The molecular formula is C13H22F3N. The molecule has 0 rings (SSSR count).